The first-order chi connectivity index (χ1) is 22.8. The van der Waals surface area contributed by atoms with Crippen LogP contribution < -0.4 is 11.5 Å². The molecule has 2 aromatic rings. The van der Waals surface area contributed by atoms with Gasteiger partial charge < -0.3 is 37.0 Å². The van der Waals surface area contributed by atoms with Crippen LogP contribution in [0, 0.1) is 39.4 Å². The fourth-order valence-electron chi connectivity index (χ4n) is 4.74. The lowest BCUT2D eigenvalue weighted by atomic mass is 9.77. The third-order valence-electron chi connectivity index (χ3n) is 9.09. The standard InChI is InChI=1S/C13H20O.C12H18O.C10H23N3O.C7H16O2.CH4/c1-10(13(2,3)4)12(14)11-8-6-5-7-9-11;1-12(2,3)9-11(13)10-7-5-4-6-8-10;1-10(2,3)8(7-14)5-4-6-13-9(11)12;1-7(2,3)6(4-8)5-9;/h5-10,12,14H,1-4H3;4-8,11,13H,9H2,1-3H3;8,14H,4-7H2,1-3H3,(H4,11,12,13);6,8-9H,4-5H2,1-3H3;1H4. The Balaban J connectivity index is -0.000000606. The third-order valence-corrected chi connectivity index (χ3v) is 9.09. The van der Waals surface area contributed by atoms with Crippen molar-refractivity contribution in [2.45, 2.75) is 129 Å². The van der Waals surface area contributed by atoms with E-state index in [1.165, 1.54) is 0 Å². The lowest BCUT2D eigenvalue weighted by Gasteiger charge is -2.31. The quantitative estimate of drug-likeness (QED) is 0.0695. The molecule has 51 heavy (non-hydrogen) atoms. The predicted octanol–water partition coefficient (Wildman–Crippen LogP) is 8.52. The Kier molecular flexibility index (Phi) is 26.4. The van der Waals surface area contributed by atoms with Gasteiger partial charge in [0, 0.05) is 32.3 Å². The average Bonchev–Trinajstić information content (AvgIpc) is 3.00. The molecule has 8 heteroatoms. The first kappa shape index (κ1) is 52.9. The van der Waals surface area contributed by atoms with Gasteiger partial charge in [0.1, 0.15) is 0 Å². The SMILES string of the molecule is C.CC(C(O)c1ccccc1)C(C)(C)C.CC(C)(C)C(CO)CCCN=C(N)N.CC(C)(C)C(CO)CO.CC(C)(C)CC(O)c1ccccc1. The molecule has 0 fully saturated rings. The van der Waals surface area contributed by atoms with E-state index in [2.05, 4.69) is 74.2 Å². The van der Waals surface area contributed by atoms with Crippen molar-refractivity contribution in [1.29, 1.82) is 0 Å². The van der Waals surface area contributed by atoms with E-state index in [-0.39, 0.29) is 78.9 Å². The van der Waals surface area contributed by atoms with Crippen molar-refractivity contribution in [3.8, 4) is 0 Å². The highest BCUT2D eigenvalue weighted by atomic mass is 16.3. The molecule has 0 heterocycles. The number of nitrogens with two attached hydrogens (primary N) is 2. The summed E-state index contributed by atoms with van der Waals surface area (Å²) in [4.78, 5) is 3.90. The summed E-state index contributed by atoms with van der Waals surface area (Å²) in [5.41, 5.74) is 12.9. The van der Waals surface area contributed by atoms with Gasteiger partial charge in [0.15, 0.2) is 5.96 Å². The number of benzene rings is 2. The number of aliphatic hydroxyl groups excluding tert-OH is 5. The molecule has 2 rings (SSSR count). The average molecular weight is 720 g/mol. The minimum absolute atomic E-state index is 0. The van der Waals surface area contributed by atoms with Gasteiger partial charge in [0.25, 0.3) is 0 Å². The number of guanidine groups is 1. The van der Waals surface area contributed by atoms with Gasteiger partial charge in [-0.3, -0.25) is 4.99 Å². The van der Waals surface area contributed by atoms with Crippen LogP contribution in [0.5, 0.6) is 0 Å². The number of aliphatic imine (C=N–C) groups is 1. The molecule has 0 aliphatic carbocycles. The minimum Gasteiger partial charge on any atom is -0.396 e. The summed E-state index contributed by atoms with van der Waals surface area (Å²) < 4.78 is 0. The van der Waals surface area contributed by atoms with E-state index in [1.54, 1.807) is 0 Å². The summed E-state index contributed by atoms with van der Waals surface area (Å²) >= 11 is 0. The van der Waals surface area contributed by atoms with Gasteiger partial charge in [-0.25, -0.2) is 0 Å². The molecule has 0 aromatic heterocycles. The second-order valence-corrected chi connectivity index (χ2v) is 17.8. The highest BCUT2D eigenvalue weighted by Gasteiger charge is 2.28. The van der Waals surface area contributed by atoms with Crippen molar-refractivity contribution < 1.29 is 25.5 Å². The van der Waals surface area contributed by atoms with E-state index in [0.29, 0.717) is 12.5 Å². The van der Waals surface area contributed by atoms with Crippen LogP contribution in [0.15, 0.2) is 65.7 Å². The molecule has 0 saturated carbocycles. The highest BCUT2D eigenvalue weighted by Crippen LogP contribution is 2.35. The normalized spacial score (nSPS) is 14.1. The molecule has 0 aliphatic rings. The van der Waals surface area contributed by atoms with Crippen LogP contribution in [0.3, 0.4) is 0 Å². The van der Waals surface area contributed by atoms with Crippen LogP contribution in [0.25, 0.3) is 0 Å². The molecule has 0 amide bonds. The van der Waals surface area contributed by atoms with Gasteiger partial charge >= 0.3 is 0 Å². The number of hydrogen-bond acceptors (Lipinski definition) is 6. The van der Waals surface area contributed by atoms with E-state index in [1.807, 2.05) is 81.4 Å². The van der Waals surface area contributed by atoms with Crippen LogP contribution >= 0.6 is 0 Å². The first-order valence-corrected chi connectivity index (χ1v) is 18.2. The summed E-state index contributed by atoms with van der Waals surface area (Å²) in [7, 11) is 0. The van der Waals surface area contributed by atoms with Crippen LogP contribution in [0.1, 0.15) is 140 Å². The molecule has 298 valence electrons. The number of aliphatic hydroxyl groups is 5. The van der Waals surface area contributed by atoms with Gasteiger partial charge in [0.05, 0.1) is 12.2 Å². The Morgan fingerprint density at radius 1 is 0.627 bits per heavy atom. The zero-order valence-electron chi connectivity index (χ0n) is 33.9. The van der Waals surface area contributed by atoms with Crippen molar-refractivity contribution in [3.63, 3.8) is 0 Å². The largest absolute Gasteiger partial charge is 0.396 e. The first-order valence-electron chi connectivity index (χ1n) is 18.2. The summed E-state index contributed by atoms with van der Waals surface area (Å²) in [6.07, 6.45) is 1.98. The van der Waals surface area contributed by atoms with Crippen LogP contribution in [-0.2, 0) is 0 Å². The Bertz CT molecular complexity index is 1120. The lowest BCUT2D eigenvalue weighted by Crippen LogP contribution is -2.26. The molecule has 0 bridgehead atoms. The highest BCUT2D eigenvalue weighted by molar-refractivity contribution is 5.75. The maximum absolute atomic E-state index is 10.1. The van der Waals surface area contributed by atoms with Gasteiger partial charge in [-0.15, -0.1) is 0 Å². The summed E-state index contributed by atoms with van der Waals surface area (Å²) in [6.45, 7) is 28.4. The molecule has 0 radical (unpaired) electrons. The maximum Gasteiger partial charge on any atom is 0.185 e. The molecule has 0 spiro atoms. The topological polar surface area (TPSA) is 166 Å². The Labute approximate surface area is 313 Å². The minimum atomic E-state index is -0.365. The Morgan fingerprint density at radius 3 is 1.31 bits per heavy atom. The van der Waals surface area contributed by atoms with Gasteiger partial charge in [-0.1, -0.05) is 158 Å². The zero-order valence-corrected chi connectivity index (χ0v) is 33.9. The van der Waals surface area contributed by atoms with E-state index in [9.17, 15) is 15.3 Å². The van der Waals surface area contributed by atoms with Crippen LogP contribution in [-0.4, -0.2) is 57.9 Å². The molecular formula is C43H81N3O5. The van der Waals surface area contributed by atoms with E-state index < -0.39 is 0 Å². The molecule has 4 atom stereocenters. The predicted molar refractivity (Wildman–Crippen MR) is 219 cm³/mol. The lowest BCUT2D eigenvalue weighted by molar-refractivity contribution is 0.0535. The van der Waals surface area contributed by atoms with Crippen LogP contribution in [0.4, 0.5) is 0 Å². The second kappa shape index (κ2) is 25.5. The maximum atomic E-state index is 10.1. The number of hydrogen-bond donors (Lipinski definition) is 7. The van der Waals surface area contributed by atoms with Crippen molar-refractivity contribution in [1.82, 2.24) is 0 Å². The van der Waals surface area contributed by atoms with Gasteiger partial charge in [-0.05, 0) is 63.9 Å². The van der Waals surface area contributed by atoms with Crippen molar-refractivity contribution in [2.75, 3.05) is 26.4 Å². The Hall–Kier alpha value is -2.49. The summed E-state index contributed by atoms with van der Waals surface area (Å²) in [6, 6.07) is 19.7. The van der Waals surface area contributed by atoms with E-state index in [4.69, 9.17) is 21.7 Å². The molecule has 4 unspecified atom stereocenters. The second-order valence-electron chi connectivity index (χ2n) is 17.8. The monoisotopic (exact) mass is 720 g/mol. The van der Waals surface area contributed by atoms with E-state index in [0.717, 1.165) is 30.4 Å². The summed E-state index contributed by atoms with van der Waals surface area (Å²) in [5, 5.41) is 46.6. The van der Waals surface area contributed by atoms with Gasteiger partial charge in [0.2, 0.25) is 0 Å². The molecule has 0 aliphatic heterocycles. The molecule has 0 saturated heterocycles. The van der Waals surface area contributed by atoms with Crippen molar-refractivity contribution in [2.24, 2.45) is 55.9 Å². The number of rotatable bonds is 11. The van der Waals surface area contributed by atoms with Gasteiger partial charge in [-0.2, -0.15) is 0 Å². The van der Waals surface area contributed by atoms with E-state index >= 15 is 0 Å². The molecular weight excluding hydrogens is 638 g/mol. The zero-order chi connectivity index (χ0) is 39.3. The Morgan fingerprint density at radius 2 is 1.02 bits per heavy atom. The molecule has 8 nitrogen and oxygen atoms in total. The summed E-state index contributed by atoms with van der Waals surface area (Å²) in [5.74, 6) is 0.723. The fraction of sp³-hybridized carbons (Fsp3) is 0.698. The smallest absolute Gasteiger partial charge is 0.185 e. The number of nitrogens with zero attached hydrogens (tertiary/aromatic N) is 1. The molecule has 2 aromatic carbocycles. The molecule has 9 N–H and O–H groups in total. The van der Waals surface area contributed by atoms with Crippen molar-refractivity contribution >= 4 is 5.96 Å². The van der Waals surface area contributed by atoms with Crippen molar-refractivity contribution in [3.05, 3.63) is 71.8 Å². The third kappa shape index (κ3) is 26.0. The fourth-order valence-corrected chi connectivity index (χ4v) is 4.74. The van der Waals surface area contributed by atoms with Crippen LogP contribution in [0.2, 0.25) is 0 Å².